The molecule has 3 atom stereocenters. The van der Waals surface area contributed by atoms with Crippen LogP contribution in [0.3, 0.4) is 0 Å². The van der Waals surface area contributed by atoms with Crippen molar-refractivity contribution in [3.05, 3.63) is 0 Å². The number of rotatable bonds is 1. The van der Waals surface area contributed by atoms with Crippen LogP contribution in [0.25, 0.3) is 0 Å². The first-order valence-corrected chi connectivity index (χ1v) is 3.60. The molecular formula is C7H13BO. The highest BCUT2D eigenvalue weighted by Crippen LogP contribution is 2.37. The average molecular weight is 124 g/mol. The van der Waals surface area contributed by atoms with E-state index in [0.29, 0.717) is 24.3 Å². The van der Waals surface area contributed by atoms with E-state index in [0.717, 1.165) is 12.8 Å². The minimum Gasteiger partial charge on any atom is -0.396 e. The number of hydrogen-bond acceptors (Lipinski definition) is 1. The van der Waals surface area contributed by atoms with Gasteiger partial charge < -0.3 is 5.11 Å². The Labute approximate surface area is 57.9 Å². The summed E-state index contributed by atoms with van der Waals surface area (Å²) in [7, 11) is 5.73. The predicted octanol–water partition coefficient (Wildman–Crippen LogP) is 0.982. The maximum atomic E-state index is 8.75. The fraction of sp³-hybridized carbons (Fsp3) is 1.00. The molecule has 0 aromatic heterocycles. The summed E-state index contributed by atoms with van der Waals surface area (Å²) in [6, 6.07) is 0. The van der Waals surface area contributed by atoms with Crippen molar-refractivity contribution in [1.82, 2.24) is 0 Å². The number of hydrogen-bond donors (Lipinski definition) is 1. The van der Waals surface area contributed by atoms with Gasteiger partial charge in [0.05, 0.1) is 7.85 Å². The molecule has 0 saturated heterocycles. The van der Waals surface area contributed by atoms with Crippen molar-refractivity contribution in [1.29, 1.82) is 0 Å². The van der Waals surface area contributed by atoms with Gasteiger partial charge in [-0.05, 0) is 18.3 Å². The number of aliphatic hydroxyl groups excluding tert-OH is 1. The second kappa shape index (κ2) is 2.74. The molecule has 3 unspecified atom stereocenters. The fourth-order valence-corrected chi connectivity index (χ4v) is 1.56. The fourth-order valence-electron chi connectivity index (χ4n) is 1.56. The highest BCUT2D eigenvalue weighted by Gasteiger charge is 2.26. The molecule has 0 aliphatic heterocycles. The highest BCUT2D eigenvalue weighted by molar-refractivity contribution is 6.11. The molecule has 0 amide bonds. The smallest absolute Gasteiger partial charge is 0.0703 e. The summed E-state index contributed by atoms with van der Waals surface area (Å²) in [5.74, 6) is 1.43. The lowest BCUT2D eigenvalue weighted by Crippen LogP contribution is -1.99. The lowest BCUT2D eigenvalue weighted by molar-refractivity contribution is 0.227. The van der Waals surface area contributed by atoms with Gasteiger partial charge in [-0.2, -0.15) is 0 Å². The zero-order valence-corrected chi connectivity index (χ0v) is 5.88. The van der Waals surface area contributed by atoms with Crippen LogP contribution >= 0.6 is 0 Å². The maximum absolute atomic E-state index is 8.75. The molecule has 2 heteroatoms. The molecule has 0 heterocycles. The minimum absolute atomic E-state index is 0.318. The Bertz CT molecular complexity index is 84.9. The zero-order chi connectivity index (χ0) is 6.85. The third kappa shape index (κ3) is 1.48. The largest absolute Gasteiger partial charge is 0.396 e. The Morgan fingerprint density at radius 1 is 1.56 bits per heavy atom. The Balaban J connectivity index is 2.35. The van der Waals surface area contributed by atoms with Gasteiger partial charge in [0, 0.05) is 6.61 Å². The van der Waals surface area contributed by atoms with Crippen molar-refractivity contribution in [3.8, 4) is 0 Å². The molecule has 0 aromatic carbocycles. The van der Waals surface area contributed by atoms with E-state index in [1.807, 2.05) is 0 Å². The molecule has 1 N–H and O–H groups in total. The highest BCUT2D eigenvalue weighted by atomic mass is 16.3. The molecule has 1 aliphatic rings. The predicted molar refractivity (Wildman–Crippen MR) is 38.5 cm³/mol. The first-order valence-electron chi connectivity index (χ1n) is 3.60. The molecule has 9 heavy (non-hydrogen) atoms. The van der Waals surface area contributed by atoms with Crippen LogP contribution in [-0.4, -0.2) is 19.6 Å². The van der Waals surface area contributed by atoms with Crippen molar-refractivity contribution in [2.45, 2.75) is 25.6 Å². The van der Waals surface area contributed by atoms with Gasteiger partial charge in [0.15, 0.2) is 0 Å². The van der Waals surface area contributed by atoms with Gasteiger partial charge in [0.2, 0.25) is 0 Å². The van der Waals surface area contributed by atoms with Gasteiger partial charge in [-0.15, -0.1) is 0 Å². The van der Waals surface area contributed by atoms with Crippen molar-refractivity contribution in [2.24, 2.45) is 11.8 Å². The van der Waals surface area contributed by atoms with Crippen LogP contribution in [0.4, 0.5) is 0 Å². The first kappa shape index (κ1) is 7.14. The van der Waals surface area contributed by atoms with Gasteiger partial charge in [-0.1, -0.05) is 19.2 Å². The van der Waals surface area contributed by atoms with E-state index in [-0.39, 0.29) is 0 Å². The van der Waals surface area contributed by atoms with E-state index in [4.69, 9.17) is 13.0 Å². The molecule has 0 aromatic rings. The monoisotopic (exact) mass is 124 g/mol. The van der Waals surface area contributed by atoms with E-state index >= 15 is 0 Å². The van der Waals surface area contributed by atoms with Gasteiger partial charge in [0.25, 0.3) is 0 Å². The molecule has 2 radical (unpaired) electrons. The Hall–Kier alpha value is 0.0249. The standard InChI is InChI=1S/C7H13BO/c1-5-2-6(4-9)3-7(5)8/h5-7,9H,2-4H2,1H3. The molecule has 1 nitrogen and oxygen atoms in total. The van der Waals surface area contributed by atoms with Crippen LogP contribution in [0.15, 0.2) is 0 Å². The topological polar surface area (TPSA) is 20.2 Å². The van der Waals surface area contributed by atoms with Gasteiger partial charge in [-0.3, -0.25) is 0 Å². The zero-order valence-electron chi connectivity index (χ0n) is 5.88. The molecular weight excluding hydrogens is 111 g/mol. The molecule has 0 spiro atoms. The third-order valence-electron chi connectivity index (χ3n) is 2.30. The van der Waals surface area contributed by atoms with E-state index in [1.165, 1.54) is 0 Å². The minimum atomic E-state index is 0.318. The Kier molecular flexibility index (Phi) is 2.17. The second-order valence-electron chi connectivity index (χ2n) is 3.16. The first-order chi connectivity index (χ1) is 4.24. The average Bonchev–Trinajstić information content (AvgIpc) is 2.13. The van der Waals surface area contributed by atoms with Gasteiger partial charge in [0.1, 0.15) is 0 Å². The molecule has 1 saturated carbocycles. The van der Waals surface area contributed by atoms with Gasteiger partial charge in [-0.25, -0.2) is 0 Å². The second-order valence-corrected chi connectivity index (χ2v) is 3.16. The number of aliphatic hydroxyl groups is 1. The lowest BCUT2D eigenvalue weighted by Gasteiger charge is -2.05. The van der Waals surface area contributed by atoms with Crippen LogP contribution in [0.2, 0.25) is 5.82 Å². The third-order valence-corrected chi connectivity index (χ3v) is 2.30. The normalized spacial score (nSPS) is 43.6. The van der Waals surface area contributed by atoms with E-state index in [2.05, 4.69) is 6.92 Å². The summed E-state index contributed by atoms with van der Waals surface area (Å²) in [5.41, 5.74) is 0. The Morgan fingerprint density at radius 3 is 2.44 bits per heavy atom. The quantitative estimate of drug-likeness (QED) is 0.516. The van der Waals surface area contributed by atoms with Crippen molar-refractivity contribution >= 4 is 7.85 Å². The van der Waals surface area contributed by atoms with Crippen molar-refractivity contribution in [2.75, 3.05) is 6.61 Å². The van der Waals surface area contributed by atoms with Crippen LogP contribution in [-0.2, 0) is 0 Å². The van der Waals surface area contributed by atoms with E-state index in [9.17, 15) is 0 Å². The van der Waals surface area contributed by atoms with Crippen LogP contribution in [0.1, 0.15) is 19.8 Å². The molecule has 0 bridgehead atoms. The molecule has 50 valence electrons. The van der Waals surface area contributed by atoms with Gasteiger partial charge >= 0.3 is 0 Å². The van der Waals surface area contributed by atoms with Crippen LogP contribution in [0.5, 0.6) is 0 Å². The lowest BCUT2D eigenvalue weighted by atomic mass is 9.80. The summed E-state index contributed by atoms with van der Waals surface area (Å²) in [4.78, 5) is 0. The van der Waals surface area contributed by atoms with Crippen LogP contribution in [0, 0.1) is 11.8 Å². The van der Waals surface area contributed by atoms with E-state index < -0.39 is 0 Å². The van der Waals surface area contributed by atoms with Crippen molar-refractivity contribution < 1.29 is 5.11 Å². The molecule has 1 rings (SSSR count). The summed E-state index contributed by atoms with van der Waals surface area (Å²) >= 11 is 0. The molecule has 1 aliphatic carbocycles. The summed E-state index contributed by atoms with van der Waals surface area (Å²) in [6.45, 7) is 2.47. The summed E-state index contributed by atoms with van der Waals surface area (Å²) in [6.07, 6.45) is 2.12. The van der Waals surface area contributed by atoms with E-state index in [1.54, 1.807) is 0 Å². The Morgan fingerprint density at radius 2 is 2.22 bits per heavy atom. The summed E-state index contributed by atoms with van der Waals surface area (Å²) < 4.78 is 0. The van der Waals surface area contributed by atoms with Crippen LogP contribution < -0.4 is 0 Å². The summed E-state index contributed by atoms with van der Waals surface area (Å²) in [5, 5.41) is 8.75. The molecule has 1 fully saturated rings. The SMILES string of the molecule is [B]C1CC(CO)CC1C. The maximum Gasteiger partial charge on any atom is 0.0703 e. The van der Waals surface area contributed by atoms with Crippen molar-refractivity contribution in [3.63, 3.8) is 0 Å².